The summed E-state index contributed by atoms with van der Waals surface area (Å²) in [5.74, 6) is 1.59. The van der Waals surface area contributed by atoms with Crippen molar-refractivity contribution in [3.8, 4) is 17.1 Å². The Balaban J connectivity index is 1.48. The first-order valence-electron chi connectivity index (χ1n) is 12.1. The molecule has 4 aromatic carbocycles. The maximum atomic E-state index is 6.23. The number of imidazole rings is 1. The zero-order valence-corrected chi connectivity index (χ0v) is 20.5. The molecule has 3 aromatic heterocycles. The molecule has 7 rings (SSSR count). The van der Waals surface area contributed by atoms with Gasteiger partial charge in [-0.2, -0.15) is 0 Å². The molecule has 170 valence electrons. The van der Waals surface area contributed by atoms with E-state index in [1.807, 2.05) is 12.1 Å². The summed E-state index contributed by atoms with van der Waals surface area (Å²) in [6.07, 6.45) is 1.07. The normalized spacial score (nSPS) is 12.1. The van der Waals surface area contributed by atoms with Crippen molar-refractivity contribution in [3.05, 3.63) is 95.9 Å². The van der Waals surface area contributed by atoms with Crippen LogP contribution in [0.25, 0.3) is 60.1 Å². The van der Waals surface area contributed by atoms with Gasteiger partial charge in [-0.15, -0.1) is 11.3 Å². The molecule has 0 bridgehead atoms. The number of para-hydroxylation sites is 3. The van der Waals surface area contributed by atoms with Gasteiger partial charge in [-0.1, -0.05) is 50.2 Å². The van der Waals surface area contributed by atoms with Gasteiger partial charge in [0.1, 0.15) is 17.0 Å². The van der Waals surface area contributed by atoms with Crippen molar-refractivity contribution in [2.24, 2.45) is 5.92 Å². The minimum atomic E-state index is 0.620. The summed E-state index contributed by atoms with van der Waals surface area (Å²) in [7, 11) is 0. The van der Waals surface area contributed by atoms with Crippen molar-refractivity contribution in [2.45, 2.75) is 20.3 Å². The fourth-order valence-electron chi connectivity index (χ4n) is 5.17. The van der Waals surface area contributed by atoms with E-state index in [0.717, 1.165) is 50.9 Å². The van der Waals surface area contributed by atoms with Crippen LogP contribution in [0.15, 0.2) is 94.7 Å². The summed E-state index contributed by atoms with van der Waals surface area (Å²) in [5.41, 5.74) is 7.49. The van der Waals surface area contributed by atoms with E-state index in [1.165, 1.54) is 21.2 Å². The SMILES string of the molecule is CC(C)Cc1ccc2scc(-c3nc4ccccc4n3-c3ccc4c(c3)oc3ccccc34)c2c1. The van der Waals surface area contributed by atoms with E-state index in [9.17, 15) is 0 Å². The molecule has 3 heterocycles. The molecule has 0 aliphatic rings. The molecule has 0 spiro atoms. The van der Waals surface area contributed by atoms with Crippen LogP contribution in [0.5, 0.6) is 0 Å². The monoisotopic (exact) mass is 472 g/mol. The molecule has 0 unspecified atom stereocenters. The average molecular weight is 473 g/mol. The summed E-state index contributed by atoms with van der Waals surface area (Å²) in [6, 6.07) is 30.0. The van der Waals surface area contributed by atoms with E-state index in [4.69, 9.17) is 9.40 Å². The van der Waals surface area contributed by atoms with Gasteiger partial charge in [0.05, 0.1) is 16.7 Å². The second kappa shape index (κ2) is 7.82. The Kier molecular flexibility index (Phi) is 4.58. The molecule has 7 aromatic rings. The van der Waals surface area contributed by atoms with Crippen LogP contribution in [0, 0.1) is 5.92 Å². The minimum Gasteiger partial charge on any atom is -0.456 e. The van der Waals surface area contributed by atoms with Crippen molar-refractivity contribution in [3.63, 3.8) is 0 Å². The Bertz CT molecular complexity index is 1870. The fourth-order valence-corrected chi connectivity index (χ4v) is 6.09. The second-order valence-electron chi connectivity index (χ2n) is 9.62. The van der Waals surface area contributed by atoms with Gasteiger partial charge >= 0.3 is 0 Å². The maximum Gasteiger partial charge on any atom is 0.147 e. The summed E-state index contributed by atoms with van der Waals surface area (Å²) < 4.78 is 9.79. The standard InChI is InChI=1S/C31H24N2OS/c1-19(2)15-20-11-14-30-24(16-20)25(18-35-30)31-32-26-8-4-5-9-27(26)33(31)21-12-13-23-22-7-3-6-10-28(22)34-29(23)17-21/h3-14,16-19H,15H2,1-2H3. The second-order valence-corrected chi connectivity index (χ2v) is 10.5. The highest BCUT2D eigenvalue weighted by Crippen LogP contribution is 2.38. The number of rotatable bonds is 4. The molecule has 0 amide bonds. The summed E-state index contributed by atoms with van der Waals surface area (Å²) >= 11 is 1.78. The molecule has 4 heteroatoms. The van der Waals surface area contributed by atoms with E-state index in [0.29, 0.717) is 5.92 Å². The van der Waals surface area contributed by atoms with Gasteiger partial charge < -0.3 is 4.42 Å². The first-order valence-corrected chi connectivity index (χ1v) is 12.9. The Morgan fingerprint density at radius 2 is 1.66 bits per heavy atom. The smallest absolute Gasteiger partial charge is 0.147 e. The van der Waals surface area contributed by atoms with Crippen molar-refractivity contribution in [2.75, 3.05) is 0 Å². The van der Waals surface area contributed by atoms with Crippen molar-refractivity contribution >= 4 is 54.4 Å². The lowest BCUT2D eigenvalue weighted by molar-refractivity contribution is 0.648. The number of furan rings is 1. The van der Waals surface area contributed by atoms with Gasteiger partial charge in [-0.05, 0) is 60.4 Å². The third kappa shape index (κ3) is 3.28. The molecular formula is C31H24N2OS. The van der Waals surface area contributed by atoms with Crippen LogP contribution in [0.4, 0.5) is 0 Å². The molecule has 0 atom stereocenters. The number of hydrogen-bond donors (Lipinski definition) is 0. The molecule has 0 fully saturated rings. The number of hydrogen-bond acceptors (Lipinski definition) is 3. The van der Waals surface area contributed by atoms with Crippen LogP contribution in [0.2, 0.25) is 0 Å². The minimum absolute atomic E-state index is 0.620. The van der Waals surface area contributed by atoms with E-state index in [-0.39, 0.29) is 0 Å². The van der Waals surface area contributed by atoms with Gasteiger partial charge in [0.15, 0.2) is 0 Å². The Hall–Kier alpha value is -3.89. The van der Waals surface area contributed by atoms with Gasteiger partial charge in [0, 0.05) is 37.9 Å². The molecule has 0 aliphatic carbocycles. The number of fused-ring (bicyclic) bond motifs is 5. The zero-order valence-electron chi connectivity index (χ0n) is 19.7. The van der Waals surface area contributed by atoms with Crippen molar-refractivity contribution in [1.29, 1.82) is 0 Å². The summed E-state index contributed by atoms with van der Waals surface area (Å²) in [4.78, 5) is 5.13. The van der Waals surface area contributed by atoms with Crippen LogP contribution in [0.1, 0.15) is 19.4 Å². The molecule has 3 nitrogen and oxygen atoms in total. The predicted octanol–water partition coefficient (Wildman–Crippen LogP) is 9.01. The van der Waals surface area contributed by atoms with E-state index in [2.05, 4.69) is 96.6 Å². The zero-order chi connectivity index (χ0) is 23.5. The summed E-state index contributed by atoms with van der Waals surface area (Å²) in [6.45, 7) is 4.54. The van der Waals surface area contributed by atoms with Crippen LogP contribution in [-0.4, -0.2) is 9.55 Å². The highest BCUT2D eigenvalue weighted by atomic mass is 32.1. The van der Waals surface area contributed by atoms with Crippen LogP contribution in [-0.2, 0) is 6.42 Å². The molecule has 0 saturated heterocycles. The Labute approximate surface area is 207 Å². The predicted molar refractivity (Wildman–Crippen MR) is 148 cm³/mol. The Morgan fingerprint density at radius 3 is 2.57 bits per heavy atom. The lowest BCUT2D eigenvalue weighted by Gasteiger charge is -2.10. The largest absolute Gasteiger partial charge is 0.456 e. The van der Waals surface area contributed by atoms with Gasteiger partial charge in [-0.3, -0.25) is 4.57 Å². The lowest BCUT2D eigenvalue weighted by atomic mass is 10.0. The highest BCUT2D eigenvalue weighted by Gasteiger charge is 2.19. The van der Waals surface area contributed by atoms with E-state index >= 15 is 0 Å². The number of benzene rings is 4. The molecular weight excluding hydrogens is 448 g/mol. The Morgan fingerprint density at radius 1 is 0.829 bits per heavy atom. The number of thiophene rings is 1. The molecule has 35 heavy (non-hydrogen) atoms. The third-order valence-corrected chi connectivity index (χ3v) is 7.67. The molecule has 0 saturated carbocycles. The first kappa shape index (κ1) is 20.5. The van der Waals surface area contributed by atoms with Crippen LogP contribution < -0.4 is 0 Å². The highest BCUT2D eigenvalue weighted by molar-refractivity contribution is 7.17. The quantitative estimate of drug-likeness (QED) is 0.256. The van der Waals surface area contributed by atoms with Crippen LogP contribution >= 0.6 is 11.3 Å². The van der Waals surface area contributed by atoms with Crippen LogP contribution in [0.3, 0.4) is 0 Å². The number of nitrogens with zero attached hydrogens (tertiary/aromatic N) is 2. The molecule has 0 aliphatic heterocycles. The maximum absolute atomic E-state index is 6.23. The molecule has 0 radical (unpaired) electrons. The third-order valence-electron chi connectivity index (χ3n) is 6.70. The fraction of sp³-hybridized carbons (Fsp3) is 0.129. The number of aromatic nitrogens is 2. The van der Waals surface area contributed by atoms with Gasteiger partial charge in [-0.25, -0.2) is 4.98 Å². The lowest BCUT2D eigenvalue weighted by Crippen LogP contribution is -1.97. The van der Waals surface area contributed by atoms with E-state index in [1.54, 1.807) is 11.3 Å². The summed E-state index contributed by atoms with van der Waals surface area (Å²) in [5, 5.41) is 5.80. The van der Waals surface area contributed by atoms with Crippen molar-refractivity contribution in [1.82, 2.24) is 9.55 Å². The van der Waals surface area contributed by atoms with Gasteiger partial charge in [0.2, 0.25) is 0 Å². The average Bonchev–Trinajstić information content (AvgIpc) is 3.55. The van der Waals surface area contributed by atoms with Crippen molar-refractivity contribution < 1.29 is 4.42 Å². The topological polar surface area (TPSA) is 31.0 Å². The van der Waals surface area contributed by atoms with Gasteiger partial charge in [0.25, 0.3) is 0 Å². The van der Waals surface area contributed by atoms with E-state index < -0.39 is 0 Å². The molecule has 0 N–H and O–H groups in total. The first-order chi connectivity index (χ1) is 17.2.